The van der Waals surface area contributed by atoms with E-state index in [1.807, 2.05) is 25.1 Å². The summed E-state index contributed by atoms with van der Waals surface area (Å²) in [5.41, 5.74) is 3.34. The molecule has 1 aliphatic rings. The topological polar surface area (TPSA) is 21.3 Å². The van der Waals surface area contributed by atoms with Crippen LogP contribution in [0.5, 0.6) is 5.75 Å². The zero-order valence-corrected chi connectivity index (χ0v) is 12.6. The van der Waals surface area contributed by atoms with Gasteiger partial charge in [-0.15, -0.1) is 0 Å². The molecule has 3 rings (SSSR count). The molecule has 0 bridgehead atoms. The monoisotopic (exact) mass is 307 g/mol. The first kappa shape index (κ1) is 13.6. The van der Waals surface area contributed by atoms with E-state index in [0.717, 1.165) is 28.4 Å². The summed E-state index contributed by atoms with van der Waals surface area (Å²) in [6, 6.07) is 12.1. The molecule has 1 aliphatic heterocycles. The Kier molecular flexibility index (Phi) is 3.77. The fourth-order valence-corrected chi connectivity index (χ4v) is 3.14. The standard InChI is InChI=1S/C16H15Cl2NO/c1-2-20-12-5-3-4-10(6-12)15-9-13-14(18)7-11(17)8-16(13)19-15/h3-8,15,19H,2,9H2,1H3. The Morgan fingerprint density at radius 2 is 2.10 bits per heavy atom. The maximum Gasteiger partial charge on any atom is 0.119 e. The Morgan fingerprint density at radius 3 is 2.90 bits per heavy atom. The summed E-state index contributed by atoms with van der Waals surface area (Å²) >= 11 is 12.3. The smallest absolute Gasteiger partial charge is 0.119 e. The predicted molar refractivity (Wildman–Crippen MR) is 84.1 cm³/mol. The van der Waals surface area contributed by atoms with Crippen molar-refractivity contribution in [2.45, 2.75) is 19.4 Å². The molecular formula is C16H15Cl2NO. The van der Waals surface area contributed by atoms with Gasteiger partial charge in [-0.25, -0.2) is 0 Å². The highest BCUT2D eigenvalue weighted by atomic mass is 35.5. The largest absolute Gasteiger partial charge is 0.494 e. The van der Waals surface area contributed by atoms with Crippen LogP contribution in [0.3, 0.4) is 0 Å². The van der Waals surface area contributed by atoms with Gasteiger partial charge in [0.05, 0.1) is 12.6 Å². The lowest BCUT2D eigenvalue weighted by atomic mass is 10.0. The minimum atomic E-state index is 0.210. The van der Waals surface area contributed by atoms with E-state index in [1.54, 1.807) is 6.07 Å². The molecule has 20 heavy (non-hydrogen) atoms. The molecule has 0 spiro atoms. The molecule has 1 unspecified atom stereocenters. The Balaban J connectivity index is 1.88. The first-order chi connectivity index (χ1) is 9.67. The second kappa shape index (κ2) is 5.55. The third-order valence-electron chi connectivity index (χ3n) is 3.47. The van der Waals surface area contributed by atoms with Crippen LogP contribution in [-0.4, -0.2) is 6.61 Å². The Morgan fingerprint density at radius 1 is 1.25 bits per heavy atom. The van der Waals surface area contributed by atoms with Crippen LogP contribution >= 0.6 is 23.2 Å². The van der Waals surface area contributed by atoms with Crippen LogP contribution in [0, 0.1) is 0 Å². The number of nitrogens with one attached hydrogen (secondary N) is 1. The van der Waals surface area contributed by atoms with Crippen molar-refractivity contribution in [2.24, 2.45) is 0 Å². The van der Waals surface area contributed by atoms with E-state index in [4.69, 9.17) is 27.9 Å². The van der Waals surface area contributed by atoms with Crippen molar-refractivity contribution in [2.75, 3.05) is 11.9 Å². The second-order valence-corrected chi connectivity index (χ2v) is 5.66. The first-order valence-corrected chi connectivity index (χ1v) is 7.40. The quantitative estimate of drug-likeness (QED) is 0.851. The summed E-state index contributed by atoms with van der Waals surface area (Å²) in [6.07, 6.45) is 0.862. The highest BCUT2D eigenvalue weighted by Gasteiger charge is 2.24. The van der Waals surface area contributed by atoms with Crippen molar-refractivity contribution in [3.05, 3.63) is 57.6 Å². The highest BCUT2D eigenvalue weighted by Crippen LogP contribution is 2.40. The molecule has 0 saturated heterocycles. The zero-order valence-electron chi connectivity index (χ0n) is 11.1. The van der Waals surface area contributed by atoms with E-state index < -0.39 is 0 Å². The van der Waals surface area contributed by atoms with Gasteiger partial charge in [-0.3, -0.25) is 0 Å². The normalized spacial score (nSPS) is 16.6. The highest BCUT2D eigenvalue weighted by molar-refractivity contribution is 6.35. The van der Waals surface area contributed by atoms with Crippen molar-refractivity contribution in [3.8, 4) is 5.75 Å². The third kappa shape index (κ3) is 2.58. The average molecular weight is 308 g/mol. The maximum absolute atomic E-state index is 6.26. The molecule has 0 radical (unpaired) electrons. The number of hydrogen-bond donors (Lipinski definition) is 1. The van der Waals surface area contributed by atoms with Gasteiger partial charge in [-0.1, -0.05) is 35.3 Å². The molecule has 0 fully saturated rings. The van der Waals surface area contributed by atoms with Gasteiger partial charge in [0.25, 0.3) is 0 Å². The van der Waals surface area contributed by atoms with Gasteiger partial charge >= 0.3 is 0 Å². The van der Waals surface area contributed by atoms with Gasteiger partial charge in [0.2, 0.25) is 0 Å². The van der Waals surface area contributed by atoms with Crippen molar-refractivity contribution in [3.63, 3.8) is 0 Å². The molecule has 0 amide bonds. The molecule has 104 valence electrons. The summed E-state index contributed by atoms with van der Waals surface area (Å²) in [6.45, 7) is 2.65. The third-order valence-corrected chi connectivity index (χ3v) is 4.03. The van der Waals surface area contributed by atoms with Crippen LogP contribution in [0.1, 0.15) is 24.1 Å². The number of hydrogen-bond acceptors (Lipinski definition) is 2. The van der Waals surface area contributed by atoms with Crippen LogP contribution in [0.15, 0.2) is 36.4 Å². The van der Waals surface area contributed by atoms with E-state index >= 15 is 0 Å². The van der Waals surface area contributed by atoms with E-state index in [2.05, 4.69) is 17.4 Å². The predicted octanol–water partition coefficient (Wildman–Crippen LogP) is 5.10. The number of anilines is 1. The van der Waals surface area contributed by atoms with Gasteiger partial charge < -0.3 is 10.1 Å². The minimum absolute atomic E-state index is 0.210. The summed E-state index contributed by atoms with van der Waals surface area (Å²) < 4.78 is 5.55. The van der Waals surface area contributed by atoms with Crippen molar-refractivity contribution >= 4 is 28.9 Å². The van der Waals surface area contributed by atoms with E-state index in [9.17, 15) is 0 Å². The van der Waals surface area contributed by atoms with Crippen LogP contribution in [0.2, 0.25) is 10.0 Å². The lowest BCUT2D eigenvalue weighted by Gasteiger charge is -2.13. The Hall–Kier alpha value is -1.38. The van der Waals surface area contributed by atoms with Gasteiger partial charge in [0.15, 0.2) is 0 Å². The Labute approximate surface area is 128 Å². The molecule has 1 atom stereocenters. The van der Waals surface area contributed by atoms with Crippen LogP contribution in [-0.2, 0) is 6.42 Å². The SMILES string of the molecule is CCOc1cccc(C2Cc3c(Cl)cc(Cl)cc3N2)c1. The molecule has 1 N–H and O–H groups in total. The fraction of sp³-hybridized carbons (Fsp3) is 0.250. The number of rotatable bonds is 3. The molecule has 1 heterocycles. The maximum atomic E-state index is 6.26. The summed E-state index contributed by atoms with van der Waals surface area (Å²) in [4.78, 5) is 0. The fourth-order valence-electron chi connectivity index (χ4n) is 2.57. The van der Waals surface area contributed by atoms with Crippen LogP contribution in [0.25, 0.3) is 0 Å². The summed E-state index contributed by atoms with van der Waals surface area (Å²) in [5, 5.41) is 4.86. The van der Waals surface area contributed by atoms with Crippen molar-refractivity contribution in [1.29, 1.82) is 0 Å². The number of fused-ring (bicyclic) bond motifs is 1. The molecule has 0 aliphatic carbocycles. The first-order valence-electron chi connectivity index (χ1n) is 6.64. The summed E-state index contributed by atoms with van der Waals surface area (Å²) in [7, 11) is 0. The zero-order chi connectivity index (χ0) is 14.1. The molecular weight excluding hydrogens is 293 g/mol. The molecule has 2 aromatic rings. The molecule has 2 nitrogen and oxygen atoms in total. The number of ether oxygens (including phenoxy) is 1. The van der Waals surface area contributed by atoms with Gasteiger partial charge in [0, 0.05) is 22.2 Å². The lowest BCUT2D eigenvalue weighted by molar-refractivity contribution is 0.339. The van der Waals surface area contributed by atoms with Gasteiger partial charge in [-0.05, 0) is 42.3 Å². The molecule has 4 heteroatoms. The van der Waals surface area contributed by atoms with E-state index in [0.29, 0.717) is 11.6 Å². The lowest BCUT2D eigenvalue weighted by Crippen LogP contribution is -2.06. The van der Waals surface area contributed by atoms with Crippen LogP contribution < -0.4 is 10.1 Å². The minimum Gasteiger partial charge on any atom is -0.494 e. The molecule has 0 saturated carbocycles. The Bertz CT molecular complexity index is 642. The second-order valence-electron chi connectivity index (χ2n) is 4.82. The van der Waals surface area contributed by atoms with E-state index in [1.165, 1.54) is 5.56 Å². The van der Waals surface area contributed by atoms with Gasteiger partial charge in [-0.2, -0.15) is 0 Å². The van der Waals surface area contributed by atoms with Crippen molar-refractivity contribution in [1.82, 2.24) is 0 Å². The average Bonchev–Trinajstić information content (AvgIpc) is 2.83. The van der Waals surface area contributed by atoms with Gasteiger partial charge in [0.1, 0.15) is 5.75 Å². The molecule has 0 aromatic heterocycles. The van der Waals surface area contributed by atoms with Crippen LogP contribution in [0.4, 0.5) is 5.69 Å². The van der Waals surface area contributed by atoms with E-state index in [-0.39, 0.29) is 6.04 Å². The molecule has 2 aromatic carbocycles. The number of halogens is 2. The number of benzene rings is 2. The summed E-state index contributed by atoms with van der Waals surface area (Å²) in [5.74, 6) is 0.895. The van der Waals surface area contributed by atoms with Crippen molar-refractivity contribution < 1.29 is 4.74 Å².